The van der Waals surface area contributed by atoms with Crippen LogP contribution in [0.25, 0.3) is 22.3 Å². The zero-order chi connectivity index (χ0) is 22.0. The molecular weight excluding hydrogens is 388 g/mol. The van der Waals surface area contributed by atoms with Crippen molar-refractivity contribution >= 4 is 16.9 Å². The Morgan fingerprint density at radius 3 is 2.58 bits per heavy atom. The molecule has 3 aromatic heterocycles. The van der Waals surface area contributed by atoms with E-state index in [1.807, 2.05) is 42.3 Å². The molecule has 7 nitrogen and oxygen atoms in total. The number of hydrogen-bond donors (Lipinski definition) is 1. The van der Waals surface area contributed by atoms with Gasteiger partial charge in [-0.25, -0.2) is 9.67 Å². The standard InChI is InChI=1S/C24H28N6O/c1-16(2)30-23-21(14-27-30)20(12-22(28-23)19-9-7-17(3)8-10-19)24(31)25-11-5-6-18-13-26-29(4)15-18/h7-10,12-16H,5-6,11H2,1-4H3,(H,25,31). The topological polar surface area (TPSA) is 77.6 Å². The van der Waals surface area contributed by atoms with Crippen molar-refractivity contribution in [3.8, 4) is 11.3 Å². The molecule has 1 N–H and O–H groups in total. The summed E-state index contributed by atoms with van der Waals surface area (Å²) >= 11 is 0. The summed E-state index contributed by atoms with van der Waals surface area (Å²) in [5, 5.41) is 12.5. The first-order valence-corrected chi connectivity index (χ1v) is 10.6. The molecule has 1 aromatic carbocycles. The van der Waals surface area contributed by atoms with Crippen molar-refractivity contribution in [1.29, 1.82) is 0 Å². The molecule has 0 aliphatic heterocycles. The molecular formula is C24H28N6O. The van der Waals surface area contributed by atoms with Crippen molar-refractivity contribution in [2.24, 2.45) is 7.05 Å². The number of benzene rings is 1. The van der Waals surface area contributed by atoms with Crippen molar-refractivity contribution in [1.82, 2.24) is 29.9 Å². The van der Waals surface area contributed by atoms with Gasteiger partial charge in [-0.05, 0) is 45.2 Å². The molecule has 4 aromatic rings. The van der Waals surface area contributed by atoms with Gasteiger partial charge in [-0.3, -0.25) is 9.48 Å². The summed E-state index contributed by atoms with van der Waals surface area (Å²) in [5.74, 6) is -0.102. The summed E-state index contributed by atoms with van der Waals surface area (Å²) in [6, 6.07) is 10.2. The van der Waals surface area contributed by atoms with Crippen LogP contribution in [0, 0.1) is 6.92 Å². The first kappa shape index (κ1) is 20.8. The molecule has 0 unspecified atom stereocenters. The molecule has 0 saturated carbocycles. The van der Waals surface area contributed by atoms with Crippen LogP contribution >= 0.6 is 0 Å². The Labute approximate surface area is 182 Å². The average molecular weight is 417 g/mol. The van der Waals surface area contributed by atoms with Crippen molar-refractivity contribution in [3.05, 3.63) is 65.6 Å². The maximum atomic E-state index is 13.1. The summed E-state index contributed by atoms with van der Waals surface area (Å²) in [5.41, 5.74) is 5.44. The summed E-state index contributed by atoms with van der Waals surface area (Å²) in [6.45, 7) is 6.77. The lowest BCUT2D eigenvalue weighted by atomic mass is 10.0. The Bertz CT molecular complexity index is 1200. The van der Waals surface area contributed by atoms with E-state index in [1.54, 1.807) is 10.9 Å². The second kappa shape index (κ2) is 8.71. The van der Waals surface area contributed by atoms with Crippen LogP contribution in [0.2, 0.25) is 0 Å². The smallest absolute Gasteiger partial charge is 0.252 e. The number of nitrogens with zero attached hydrogens (tertiary/aromatic N) is 5. The van der Waals surface area contributed by atoms with Crippen molar-refractivity contribution < 1.29 is 4.79 Å². The number of carbonyl (C=O) groups excluding carboxylic acids is 1. The Balaban J connectivity index is 1.60. The van der Waals surface area contributed by atoms with Gasteiger partial charge in [0.1, 0.15) is 0 Å². The van der Waals surface area contributed by atoms with Gasteiger partial charge in [0.2, 0.25) is 0 Å². The second-order valence-corrected chi connectivity index (χ2v) is 8.22. The van der Waals surface area contributed by atoms with E-state index in [-0.39, 0.29) is 11.9 Å². The van der Waals surface area contributed by atoms with E-state index in [4.69, 9.17) is 4.98 Å². The monoisotopic (exact) mass is 416 g/mol. The first-order valence-electron chi connectivity index (χ1n) is 10.6. The molecule has 4 rings (SSSR count). The molecule has 31 heavy (non-hydrogen) atoms. The Morgan fingerprint density at radius 1 is 1.13 bits per heavy atom. The van der Waals surface area contributed by atoms with Crippen molar-refractivity contribution in [2.45, 2.75) is 39.7 Å². The fourth-order valence-electron chi connectivity index (χ4n) is 3.65. The molecule has 0 aliphatic rings. The highest BCUT2D eigenvalue weighted by Crippen LogP contribution is 2.26. The lowest BCUT2D eigenvalue weighted by Crippen LogP contribution is -2.25. The molecule has 0 atom stereocenters. The van der Waals surface area contributed by atoms with Gasteiger partial charge in [0.15, 0.2) is 5.65 Å². The lowest BCUT2D eigenvalue weighted by Gasteiger charge is -2.11. The van der Waals surface area contributed by atoms with E-state index in [2.05, 4.69) is 48.4 Å². The van der Waals surface area contributed by atoms with Crippen molar-refractivity contribution in [3.63, 3.8) is 0 Å². The van der Waals surface area contributed by atoms with Gasteiger partial charge in [-0.2, -0.15) is 10.2 Å². The van der Waals surface area contributed by atoms with E-state index in [0.29, 0.717) is 12.1 Å². The number of carbonyl (C=O) groups is 1. The van der Waals surface area contributed by atoms with Gasteiger partial charge in [-0.15, -0.1) is 0 Å². The van der Waals surface area contributed by atoms with E-state index < -0.39 is 0 Å². The number of hydrogen-bond acceptors (Lipinski definition) is 4. The Kier molecular flexibility index (Phi) is 5.84. The fourth-order valence-corrected chi connectivity index (χ4v) is 3.65. The number of aryl methyl sites for hydroxylation is 3. The number of fused-ring (bicyclic) bond motifs is 1. The SMILES string of the molecule is Cc1ccc(-c2cc(C(=O)NCCCc3cnn(C)c3)c3cnn(C(C)C)c3n2)cc1. The quantitative estimate of drug-likeness (QED) is 0.461. The van der Waals surface area contributed by atoms with Crippen LogP contribution in [0.4, 0.5) is 0 Å². The summed E-state index contributed by atoms with van der Waals surface area (Å²) < 4.78 is 3.66. The average Bonchev–Trinajstić information content (AvgIpc) is 3.37. The van der Waals surface area contributed by atoms with Crippen LogP contribution in [0.1, 0.15) is 47.8 Å². The third-order valence-corrected chi connectivity index (χ3v) is 5.33. The van der Waals surface area contributed by atoms with Crippen LogP contribution in [0.5, 0.6) is 0 Å². The minimum Gasteiger partial charge on any atom is -0.352 e. The summed E-state index contributed by atoms with van der Waals surface area (Å²) in [4.78, 5) is 17.9. The highest BCUT2D eigenvalue weighted by atomic mass is 16.1. The fraction of sp³-hybridized carbons (Fsp3) is 0.333. The number of amides is 1. The zero-order valence-corrected chi connectivity index (χ0v) is 18.5. The van der Waals surface area contributed by atoms with E-state index >= 15 is 0 Å². The van der Waals surface area contributed by atoms with Gasteiger partial charge in [-0.1, -0.05) is 29.8 Å². The lowest BCUT2D eigenvalue weighted by molar-refractivity contribution is 0.0955. The molecule has 0 fully saturated rings. The molecule has 0 aliphatic carbocycles. The van der Waals surface area contributed by atoms with Crippen LogP contribution in [-0.4, -0.2) is 37.0 Å². The third kappa shape index (κ3) is 4.50. The van der Waals surface area contributed by atoms with E-state index in [1.165, 1.54) is 11.1 Å². The minimum atomic E-state index is -0.102. The molecule has 0 spiro atoms. The van der Waals surface area contributed by atoms with Gasteiger partial charge < -0.3 is 5.32 Å². The maximum Gasteiger partial charge on any atom is 0.252 e. The van der Waals surface area contributed by atoms with Gasteiger partial charge in [0.25, 0.3) is 5.91 Å². The van der Waals surface area contributed by atoms with Crippen LogP contribution in [0.3, 0.4) is 0 Å². The molecule has 3 heterocycles. The normalized spacial score (nSPS) is 11.4. The largest absolute Gasteiger partial charge is 0.352 e. The molecule has 0 bridgehead atoms. The van der Waals surface area contributed by atoms with Crippen LogP contribution in [-0.2, 0) is 13.5 Å². The van der Waals surface area contributed by atoms with Crippen LogP contribution in [0.15, 0.2) is 48.9 Å². The maximum absolute atomic E-state index is 13.1. The first-order chi connectivity index (χ1) is 14.9. The number of rotatable bonds is 7. The molecule has 0 saturated heterocycles. The van der Waals surface area contributed by atoms with Crippen LogP contribution < -0.4 is 5.32 Å². The summed E-state index contributed by atoms with van der Waals surface area (Å²) in [7, 11) is 1.91. The highest BCUT2D eigenvalue weighted by Gasteiger charge is 2.18. The predicted octanol–water partition coefficient (Wildman–Crippen LogP) is 4.08. The van der Waals surface area contributed by atoms with Gasteiger partial charge in [0.05, 0.1) is 29.0 Å². The number of aromatic nitrogens is 5. The Morgan fingerprint density at radius 2 is 1.90 bits per heavy atom. The number of nitrogens with one attached hydrogen (secondary N) is 1. The summed E-state index contributed by atoms with van der Waals surface area (Å²) in [6.07, 6.45) is 7.33. The second-order valence-electron chi connectivity index (χ2n) is 8.22. The zero-order valence-electron chi connectivity index (χ0n) is 18.5. The molecule has 1 amide bonds. The Hall–Kier alpha value is -3.48. The molecule has 0 radical (unpaired) electrons. The minimum absolute atomic E-state index is 0.102. The predicted molar refractivity (Wildman–Crippen MR) is 122 cm³/mol. The number of pyridine rings is 1. The molecule has 7 heteroatoms. The van der Waals surface area contributed by atoms with Gasteiger partial charge in [0, 0.05) is 31.4 Å². The van der Waals surface area contributed by atoms with E-state index in [0.717, 1.165) is 35.1 Å². The van der Waals surface area contributed by atoms with Crippen molar-refractivity contribution in [2.75, 3.05) is 6.54 Å². The highest BCUT2D eigenvalue weighted by molar-refractivity contribution is 6.06. The van der Waals surface area contributed by atoms with E-state index in [9.17, 15) is 4.79 Å². The third-order valence-electron chi connectivity index (χ3n) is 5.33. The van der Waals surface area contributed by atoms with Gasteiger partial charge >= 0.3 is 0 Å². The molecule has 160 valence electrons.